The van der Waals surface area contributed by atoms with Crippen LogP contribution in [0.15, 0.2) is 0 Å². The molecular weight excluding hydrogens is 196 g/mol. The summed E-state index contributed by atoms with van der Waals surface area (Å²) in [6, 6.07) is 0. The van der Waals surface area contributed by atoms with Gasteiger partial charge in [0.2, 0.25) is 10.8 Å². The molecule has 0 aliphatic carbocycles. The summed E-state index contributed by atoms with van der Waals surface area (Å²) >= 11 is 0.756. The molecule has 8 nitrogen and oxygen atoms in total. The van der Waals surface area contributed by atoms with Crippen LogP contribution in [0.25, 0.3) is 0 Å². The minimum absolute atomic E-state index is 0.00102. The quantitative estimate of drug-likeness (QED) is 0.243. The summed E-state index contributed by atoms with van der Waals surface area (Å²) in [5, 5.41) is 0.00102. The Morgan fingerprint density at radius 3 is 2.38 bits per heavy atom. The van der Waals surface area contributed by atoms with Gasteiger partial charge in [0, 0.05) is 0 Å². The molecule has 0 aliphatic heterocycles. The molecule has 0 radical (unpaired) electrons. The molecule has 0 saturated heterocycles. The maximum atomic E-state index is 10.8. The molecule has 9 heteroatoms. The van der Waals surface area contributed by atoms with E-state index in [1.807, 2.05) is 10.9 Å². The van der Waals surface area contributed by atoms with Crippen molar-refractivity contribution in [3.8, 4) is 0 Å². The predicted octanol–water partition coefficient (Wildman–Crippen LogP) is -2.25. The highest BCUT2D eigenvalue weighted by Gasteiger charge is 2.15. The molecule has 0 aromatic carbocycles. The number of hydrogen-bond donors (Lipinski definition) is 4. The van der Waals surface area contributed by atoms with Crippen LogP contribution in [0.5, 0.6) is 0 Å². The zero-order chi connectivity index (χ0) is 9.84. The first-order valence-electron chi connectivity index (χ1n) is 3.04. The highest BCUT2D eigenvalue weighted by atomic mass is 32.1. The number of nitrogens with two attached hydrogens (primary N) is 2. The summed E-state index contributed by atoms with van der Waals surface area (Å²) in [4.78, 5) is 25.2. The lowest BCUT2D eigenvalue weighted by Gasteiger charge is -1.91. The lowest BCUT2D eigenvalue weighted by atomic mass is 10.6. The van der Waals surface area contributed by atoms with Gasteiger partial charge in [-0.3, -0.25) is 20.4 Å². The van der Waals surface area contributed by atoms with Crippen molar-refractivity contribution in [1.82, 2.24) is 20.2 Å². The highest BCUT2D eigenvalue weighted by molar-refractivity contribution is 7.07. The summed E-state index contributed by atoms with van der Waals surface area (Å²) in [5.41, 5.74) is 3.69. The Balaban J connectivity index is 2.86. The van der Waals surface area contributed by atoms with Crippen molar-refractivity contribution in [2.24, 2.45) is 11.7 Å². The van der Waals surface area contributed by atoms with E-state index in [0.29, 0.717) is 0 Å². The molecule has 6 N–H and O–H groups in total. The molecule has 1 rings (SSSR count). The zero-order valence-corrected chi connectivity index (χ0v) is 7.09. The number of hydrazine groups is 2. The van der Waals surface area contributed by atoms with Crippen LogP contribution in [0.3, 0.4) is 0 Å². The van der Waals surface area contributed by atoms with Gasteiger partial charge >= 0.3 is 5.91 Å². The van der Waals surface area contributed by atoms with Gasteiger partial charge in [-0.2, -0.15) is 4.37 Å². The molecule has 0 spiro atoms. The SMILES string of the molecule is NNC(=O)c1nsc(C(=O)NN)n1. The monoisotopic (exact) mass is 202 g/mol. The third kappa shape index (κ3) is 1.96. The van der Waals surface area contributed by atoms with E-state index in [-0.39, 0.29) is 10.8 Å². The fourth-order valence-corrected chi connectivity index (χ4v) is 1.10. The summed E-state index contributed by atoms with van der Waals surface area (Å²) in [5.74, 6) is 8.23. The minimum Gasteiger partial charge on any atom is -0.288 e. The third-order valence-electron chi connectivity index (χ3n) is 1.09. The molecule has 0 atom stereocenters. The second kappa shape index (κ2) is 3.89. The second-order valence-corrected chi connectivity index (χ2v) is 2.62. The van der Waals surface area contributed by atoms with E-state index < -0.39 is 11.8 Å². The number of nitrogens with zero attached hydrogens (tertiary/aromatic N) is 2. The Morgan fingerprint density at radius 1 is 1.23 bits per heavy atom. The average Bonchev–Trinajstić information content (AvgIpc) is 2.64. The molecular formula is C4H6N6O2S. The average molecular weight is 202 g/mol. The van der Waals surface area contributed by atoms with Crippen molar-refractivity contribution in [1.29, 1.82) is 0 Å². The number of carbonyl (C=O) groups excluding carboxylic acids is 2. The maximum absolute atomic E-state index is 10.8. The third-order valence-corrected chi connectivity index (χ3v) is 1.80. The molecule has 0 bridgehead atoms. The first kappa shape index (κ1) is 9.51. The second-order valence-electron chi connectivity index (χ2n) is 1.87. The number of carbonyl (C=O) groups is 2. The zero-order valence-electron chi connectivity index (χ0n) is 6.27. The smallest absolute Gasteiger partial charge is 0.288 e. The van der Waals surface area contributed by atoms with Crippen molar-refractivity contribution in [2.45, 2.75) is 0 Å². The van der Waals surface area contributed by atoms with Crippen LogP contribution in [0.1, 0.15) is 20.4 Å². The summed E-state index contributed by atoms with van der Waals surface area (Å²) in [7, 11) is 0. The van der Waals surface area contributed by atoms with E-state index in [0.717, 1.165) is 11.5 Å². The molecule has 0 fully saturated rings. The van der Waals surface area contributed by atoms with Gasteiger partial charge in [-0.1, -0.05) is 0 Å². The van der Waals surface area contributed by atoms with E-state index in [4.69, 9.17) is 11.7 Å². The van der Waals surface area contributed by atoms with Gasteiger partial charge in [-0.05, 0) is 11.5 Å². The van der Waals surface area contributed by atoms with Gasteiger partial charge in [0.05, 0.1) is 0 Å². The largest absolute Gasteiger partial charge is 0.304 e. The van der Waals surface area contributed by atoms with Gasteiger partial charge in [0.1, 0.15) is 0 Å². The fraction of sp³-hybridized carbons (Fsp3) is 0. The van der Waals surface area contributed by atoms with Crippen LogP contribution in [-0.4, -0.2) is 21.2 Å². The number of nitrogens with one attached hydrogen (secondary N) is 2. The Labute approximate surface area is 76.4 Å². The summed E-state index contributed by atoms with van der Waals surface area (Å²) in [6.07, 6.45) is 0. The number of hydrogen-bond acceptors (Lipinski definition) is 7. The fourth-order valence-electron chi connectivity index (χ4n) is 0.534. The van der Waals surface area contributed by atoms with Crippen molar-refractivity contribution in [3.63, 3.8) is 0 Å². The van der Waals surface area contributed by atoms with E-state index in [9.17, 15) is 9.59 Å². The van der Waals surface area contributed by atoms with Crippen LogP contribution in [0.4, 0.5) is 0 Å². The highest BCUT2D eigenvalue weighted by Crippen LogP contribution is 2.03. The normalized spacial score (nSPS) is 9.38. The van der Waals surface area contributed by atoms with Gasteiger partial charge in [0.25, 0.3) is 5.91 Å². The molecule has 1 heterocycles. The van der Waals surface area contributed by atoms with Crippen LogP contribution in [-0.2, 0) is 0 Å². The molecule has 0 aliphatic rings. The van der Waals surface area contributed by atoms with E-state index >= 15 is 0 Å². The molecule has 70 valence electrons. The Kier molecular flexibility index (Phi) is 2.84. The molecule has 0 saturated carbocycles. The number of nitrogen functional groups attached to an aromatic ring is 2. The number of aromatic nitrogens is 2. The number of rotatable bonds is 2. The van der Waals surface area contributed by atoms with E-state index in [1.54, 1.807) is 0 Å². The van der Waals surface area contributed by atoms with E-state index in [2.05, 4.69) is 9.36 Å². The van der Waals surface area contributed by atoms with Crippen LogP contribution in [0, 0.1) is 0 Å². The Bertz CT molecular complexity index is 305. The van der Waals surface area contributed by atoms with Crippen LogP contribution in [0.2, 0.25) is 0 Å². The van der Waals surface area contributed by atoms with Gasteiger partial charge in [0.15, 0.2) is 0 Å². The molecule has 1 aromatic rings. The van der Waals surface area contributed by atoms with Crippen LogP contribution < -0.4 is 22.5 Å². The van der Waals surface area contributed by atoms with E-state index in [1.165, 1.54) is 0 Å². The molecule has 13 heavy (non-hydrogen) atoms. The number of amides is 2. The standard InChI is InChI=1S/C4H6N6O2S/c5-8-2(11)1-7-4(13-10-1)3(12)9-6/h5-6H2,(H,8,11)(H,9,12). The summed E-state index contributed by atoms with van der Waals surface area (Å²) in [6.45, 7) is 0. The topological polar surface area (TPSA) is 136 Å². The van der Waals surface area contributed by atoms with Crippen LogP contribution >= 0.6 is 11.5 Å². The first-order valence-corrected chi connectivity index (χ1v) is 3.82. The minimum atomic E-state index is -0.660. The predicted molar refractivity (Wildman–Crippen MR) is 43.2 cm³/mol. The Morgan fingerprint density at radius 2 is 1.85 bits per heavy atom. The lowest BCUT2D eigenvalue weighted by molar-refractivity contribution is 0.0944. The first-order chi connectivity index (χ1) is 6.19. The maximum Gasteiger partial charge on any atom is 0.304 e. The van der Waals surface area contributed by atoms with Crippen molar-refractivity contribution >= 4 is 23.3 Å². The molecule has 0 unspecified atom stereocenters. The van der Waals surface area contributed by atoms with Crippen molar-refractivity contribution in [2.75, 3.05) is 0 Å². The van der Waals surface area contributed by atoms with Crippen molar-refractivity contribution < 1.29 is 9.59 Å². The summed E-state index contributed by atoms with van der Waals surface area (Å²) < 4.78 is 3.58. The van der Waals surface area contributed by atoms with Gasteiger partial charge in [-0.15, -0.1) is 0 Å². The molecule has 2 amide bonds. The van der Waals surface area contributed by atoms with Crippen molar-refractivity contribution in [3.05, 3.63) is 10.8 Å². The lowest BCUT2D eigenvalue weighted by Crippen LogP contribution is -2.32. The van der Waals surface area contributed by atoms with Gasteiger partial charge in [-0.25, -0.2) is 16.7 Å². The Hall–Kier alpha value is -1.58. The van der Waals surface area contributed by atoms with Gasteiger partial charge < -0.3 is 0 Å². The molecule has 1 aromatic heterocycles.